The normalized spacial score (nSPS) is 10.3. The topological polar surface area (TPSA) is 26.3 Å². The SMILES string of the molecule is CCCOc1ccccc1C(=O)c1ccc(F)cc1Cl. The molecule has 0 amide bonds. The summed E-state index contributed by atoms with van der Waals surface area (Å²) in [4.78, 5) is 12.5. The molecule has 2 rings (SSSR count). The Labute approximate surface area is 122 Å². The van der Waals surface area contributed by atoms with Crippen molar-refractivity contribution in [2.45, 2.75) is 13.3 Å². The van der Waals surface area contributed by atoms with Crippen LogP contribution in [0.4, 0.5) is 4.39 Å². The number of para-hydroxylation sites is 1. The number of ether oxygens (including phenoxy) is 1. The highest BCUT2D eigenvalue weighted by atomic mass is 35.5. The first-order chi connectivity index (χ1) is 9.63. The summed E-state index contributed by atoms with van der Waals surface area (Å²) in [5.41, 5.74) is 0.690. The lowest BCUT2D eigenvalue weighted by molar-refractivity contribution is 0.103. The number of carbonyl (C=O) groups excluding carboxylic acids is 1. The van der Waals surface area contributed by atoms with Gasteiger partial charge in [0.1, 0.15) is 11.6 Å². The minimum absolute atomic E-state index is 0.0975. The number of ketones is 1. The fraction of sp³-hybridized carbons (Fsp3) is 0.188. The molecule has 0 aliphatic carbocycles. The molecule has 2 aromatic rings. The maximum Gasteiger partial charge on any atom is 0.198 e. The van der Waals surface area contributed by atoms with Gasteiger partial charge in [-0.3, -0.25) is 4.79 Å². The summed E-state index contributed by atoms with van der Waals surface area (Å²) in [6.45, 7) is 2.52. The number of hydrogen-bond donors (Lipinski definition) is 0. The molecular formula is C16H14ClFO2. The Bertz CT molecular complexity index is 626. The van der Waals surface area contributed by atoms with Gasteiger partial charge in [0.2, 0.25) is 0 Å². The second kappa shape index (κ2) is 6.53. The van der Waals surface area contributed by atoms with Gasteiger partial charge < -0.3 is 4.74 Å². The number of rotatable bonds is 5. The van der Waals surface area contributed by atoms with E-state index in [1.165, 1.54) is 12.1 Å². The van der Waals surface area contributed by atoms with Gasteiger partial charge in [-0.15, -0.1) is 0 Å². The molecule has 104 valence electrons. The Kier molecular flexibility index (Phi) is 4.74. The monoisotopic (exact) mass is 292 g/mol. The van der Waals surface area contributed by atoms with Gasteiger partial charge in [0, 0.05) is 5.56 Å². The van der Waals surface area contributed by atoms with Gasteiger partial charge in [-0.2, -0.15) is 0 Å². The quantitative estimate of drug-likeness (QED) is 0.759. The van der Waals surface area contributed by atoms with Crippen LogP contribution in [0.1, 0.15) is 29.3 Å². The van der Waals surface area contributed by atoms with Gasteiger partial charge in [0.25, 0.3) is 0 Å². The van der Waals surface area contributed by atoms with Crippen molar-refractivity contribution in [2.24, 2.45) is 0 Å². The van der Waals surface area contributed by atoms with Gasteiger partial charge in [-0.25, -0.2) is 4.39 Å². The predicted octanol–water partition coefficient (Wildman–Crippen LogP) is 4.50. The van der Waals surface area contributed by atoms with Crippen LogP contribution in [-0.4, -0.2) is 12.4 Å². The molecule has 0 heterocycles. The molecule has 0 fully saturated rings. The van der Waals surface area contributed by atoms with Crippen LogP contribution >= 0.6 is 11.6 Å². The van der Waals surface area contributed by atoms with E-state index >= 15 is 0 Å². The van der Waals surface area contributed by atoms with E-state index in [1.807, 2.05) is 6.92 Å². The summed E-state index contributed by atoms with van der Waals surface area (Å²) in [7, 11) is 0. The molecule has 0 unspecified atom stereocenters. The van der Waals surface area contributed by atoms with Gasteiger partial charge >= 0.3 is 0 Å². The van der Waals surface area contributed by atoms with Crippen molar-refractivity contribution < 1.29 is 13.9 Å². The van der Waals surface area contributed by atoms with E-state index in [9.17, 15) is 9.18 Å². The van der Waals surface area contributed by atoms with Crippen LogP contribution in [0, 0.1) is 5.82 Å². The molecular weight excluding hydrogens is 279 g/mol. The maximum atomic E-state index is 13.0. The summed E-state index contributed by atoms with van der Waals surface area (Å²) >= 11 is 5.93. The molecule has 0 atom stereocenters. The van der Waals surface area contributed by atoms with Crippen molar-refractivity contribution in [1.29, 1.82) is 0 Å². The first-order valence-electron chi connectivity index (χ1n) is 6.35. The fourth-order valence-corrected chi connectivity index (χ4v) is 2.06. The number of carbonyl (C=O) groups is 1. The first kappa shape index (κ1) is 14.5. The van der Waals surface area contributed by atoms with Crippen LogP contribution in [0.15, 0.2) is 42.5 Å². The zero-order chi connectivity index (χ0) is 14.5. The van der Waals surface area contributed by atoms with Crippen molar-refractivity contribution in [2.75, 3.05) is 6.61 Å². The van der Waals surface area contributed by atoms with E-state index in [2.05, 4.69) is 0 Å². The molecule has 0 bridgehead atoms. The lowest BCUT2D eigenvalue weighted by Gasteiger charge is -2.10. The van der Waals surface area contributed by atoms with Crippen LogP contribution < -0.4 is 4.74 Å². The van der Waals surface area contributed by atoms with Crippen LogP contribution in [0.5, 0.6) is 5.75 Å². The van der Waals surface area contributed by atoms with Gasteiger partial charge in [-0.05, 0) is 36.8 Å². The molecule has 2 nitrogen and oxygen atoms in total. The molecule has 0 saturated carbocycles. The van der Waals surface area contributed by atoms with Crippen molar-refractivity contribution in [3.05, 3.63) is 64.4 Å². The predicted molar refractivity (Wildman–Crippen MR) is 77.1 cm³/mol. The van der Waals surface area contributed by atoms with Crippen molar-refractivity contribution in [3.63, 3.8) is 0 Å². The molecule has 0 aliphatic rings. The van der Waals surface area contributed by atoms with Crippen LogP contribution in [0.3, 0.4) is 0 Å². The Morgan fingerprint density at radius 1 is 1.20 bits per heavy atom. The van der Waals surface area contributed by atoms with Crippen molar-refractivity contribution in [1.82, 2.24) is 0 Å². The molecule has 0 aliphatic heterocycles. The molecule has 2 aromatic carbocycles. The van der Waals surface area contributed by atoms with Gasteiger partial charge in [-0.1, -0.05) is 30.7 Å². The molecule has 0 aromatic heterocycles. The van der Waals surface area contributed by atoms with E-state index in [-0.39, 0.29) is 16.4 Å². The second-order valence-electron chi connectivity index (χ2n) is 4.30. The van der Waals surface area contributed by atoms with Crippen molar-refractivity contribution in [3.8, 4) is 5.75 Å². The Morgan fingerprint density at radius 3 is 2.65 bits per heavy atom. The summed E-state index contributed by atoms with van der Waals surface area (Å²) in [6, 6.07) is 10.7. The van der Waals surface area contributed by atoms with Gasteiger partial charge in [0.05, 0.1) is 17.2 Å². The number of benzene rings is 2. The maximum absolute atomic E-state index is 13.0. The third-order valence-electron chi connectivity index (χ3n) is 2.77. The van der Waals surface area contributed by atoms with Crippen LogP contribution in [0.2, 0.25) is 5.02 Å². The molecule has 4 heteroatoms. The zero-order valence-corrected chi connectivity index (χ0v) is 11.8. The third kappa shape index (κ3) is 3.17. The standard InChI is InChI=1S/C16H14ClFO2/c1-2-9-20-15-6-4-3-5-13(15)16(19)12-8-7-11(18)10-14(12)17/h3-8,10H,2,9H2,1H3. The van der Waals surface area contributed by atoms with E-state index in [4.69, 9.17) is 16.3 Å². The number of halogens is 2. The highest BCUT2D eigenvalue weighted by Gasteiger charge is 2.17. The fourth-order valence-electron chi connectivity index (χ4n) is 1.81. The molecule has 0 N–H and O–H groups in total. The highest BCUT2D eigenvalue weighted by Crippen LogP contribution is 2.26. The molecule has 0 spiro atoms. The lowest BCUT2D eigenvalue weighted by Crippen LogP contribution is -2.06. The minimum Gasteiger partial charge on any atom is -0.493 e. The van der Waals surface area contributed by atoms with Crippen molar-refractivity contribution >= 4 is 17.4 Å². The molecule has 0 radical (unpaired) electrons. The Balaban J connectivity index is 2.38. The van der Waals surface area contributed by atoms with Crippen LogP contribution in [-0.2, 0) is 0 Å². The van der Waals surface area contributed by atoms with Gasteiger partial charge in [0.15, 0.2) is 5.78 Å². The first-order valence-corrected chi connectivity index (χ1v) is 6.73. The summed E-state index contributed by atoms with van der Waals surface area (Å²) in [5, 5.41) is 0.0975. The van der Waals surface area contributed by atoms with E-state index in [1.54, 1.807) is 24.3 Å². The molecule has 20 heavy (non-hydrogen) atoms. The van der Waals surface area contributed by atoms with E-state index in [0.717, 1.165) is 12.5 Å². The smallest absolute Gasteiger partial charge is 0.198 e. The lowest BCUT2D eigenvalue weighted by atomic mass is 10.0. The van der Waals surface area contributed by atoms with E-state index < -0.39 is 5.82 Å². The number of hydrogen-bond acceptors (Lipinski definition) is 2. The average Bonchev–Trinajstić information content (AvgIpc) is 2.45. The minimum atomic E-state index is -0.470. The average molecular weight is 293 g/mol. The molecule has 0 saturated heterocycles. The van der Waals surface area contributed by atoms with E-state index in [0.29, 0.717) is 17.9 Å². The van der Waals surface area contributed by atoms with Crippen LogP contribution in [0.25, 0.3) is 0 Å². The third-order valence-corrected chi connectivity index (χ3v) is 3.08. The summed E-state index contributed by atoms with van der Waals surface area (Å²) < 4.78 is 18.6. The Hall–Kier alpha value is -1.87. The largest absolute Gasteiger partial charge is 0.493 e. The Morgan fingerprint density at radius 2 is 1.95 bits per heavy atom. The summed E-state index contributed by atoms with van der Waals surface area (Å²) in [6.07, 6.45) is 0.847. The zero-order valence-electron chi connectivity index (χ0n) is 11.0. The second-order valence-corrected chi connectivity index (χ2v) is 4.71. The highest BCUT2D eigenvalue weighted by molar-refractivity contribution is 6.35. The summed E-state index contributed by atoms with van der Waals surface area (Å²) in [5.74, 6) is -0.233.